The Hall–Kier alpha value is -2.69. The lowest BCUT2D eigenvalue weighted by atomic mass is 10.2. The monoisotopic (exact) mass is 272 g/mol. The van der Waals surface area contributed by atoms with Gasteiger partial charge in [0.25, 0.3) is 0 Å². The van der Waals surface area contributed by atoms with Crippen LogP contribution in [0.1, 0.15) is 5.56 Å². The highest BCUT2D eigenvalue weighted by atomic mass is 16.5. The van der Waals surface area contributed by atoms with Crippen molar-refractivity contribution >= 4 is 5.84 Å². The van der Waals surface area contributed by atoms with Gasteiger partial charge in [-0.3, -0.25) is 0 Å². The number of hydrogen-bond acceptors (Lipinski definition) is 4. The minimum Gasteiger partial charge on any atom is -0.490 e. The lowest BCUT2D eigenvalue weighted by Gasteiger charge is -2.09. The number of amidine groups is 1. The molecule has 0 radical (unpaired) electrons. The molecular formula is C15H16N2O3. The first kappa shape index (κ1) is 13.7. The molecule has 3 N–H and O–H groups in total. The van der Waals surface area contributed by atoms with Crippen LogP contribution in [-0.4, -0.2) is 24.3 Å². The summed E-state index contributed by atoms with van der Waals surface area (Å²) in [6.45, 7) is 0.854. The van der Waals surface area contributed by atoms with Crippen molar-refractivity contribution in [1.82, 2.24) is 0 Å². The summed E-state index contributed by atoms with van der Waals surface area (Å²) < 4.78 is 11.1. The third-order valence-electron chi connectivity index (χ3n) is 2.60. The van der Waals surface area contributed by atoms with E-state index in [2.05, 4.69) is 5.16 Å². The first-order chi connectivity index (χ1) is 9.79. The topological polar surface area (TPSA) is 77.1 Å². The Balaban J connectivity index is 1.82. The molecule has 0 unspecified atom stereocenters. The average Bonchev–Trinajstić information content (AvgIpc) is 2.52. The van der Waals surface area contributed by atoms with E-state index in [1.54, 1.807) is 24.3 Å². The molecule has 0 spiro atoms. The molecule has 0 aliphatic heterocycles. The van der Waals surface area contributed by atoms with E-state index in [1.165, 1.54) is 0 Å². The van der Waals surface area contributed by atoms with Gasteiger partial charge in [-0.05, 0) is 24.3 Å². The number of oxime groups is 1. The number of rotatable bonds is 6. The van der Waals surface area contributed by atoms with Gasteiger partial charge in [-0.2, -0.15) is 0 Å². The Labute approximate surface area is 117 Å². The van der Waals surface area contributed by atoms with Crippen LogP contribution in [-0.2, 0) is 0 Å². The zero-order chi connectivity index (χ0) is 14.2. The normalized spacial score (nSPS) is 11.1. The Kier molecular flexibility index (Phi) is 4.83. The molecular weight excluding hydrogens is 256 g/mol. The molecule has 0 aliphatic carbocycles. The summed E-state index contributed by atoms with van der Waals surface area (Å²) >= 11 is 0. The van der Waals surface area contributed by atoms with E-state index < -0.39 is 0 Å². The van der Waals surface area contributed by atoms with Gasteiger partial charge in [0.2, 0.25) is 0 Å². The third kappa shape index (κ3) is 3.91. The molecule has 0 fully saturated rings. The number of nitrogens with zero attached hydrogens (tertiary/aromatic N) is 1. The van der Waals surface area contributed by atoms with Gasteiger partial charge in [0.15, 0.2) is 5.84 Å². The number of hydrogen-bond donors (Lipinski definition) is 2. The standard InChI is InChI=1S/C15H16N2O3/c16-15(17-18)12-5-4-8-14(11-12)20-10-9-19-13-6-2-1-3-7-13/h1-8,11,18H,9-10H2,(H2,16,17). The maximum Gasteiger partial charge on any atom is 0.170 e. The van der Waals surface area contributed by atoms with Gasteiger partial charge >= 0.3 is 0 Å². The van der Waals surface area contributed by atoms with Crippen LogP contribution in [0.15, 0.2) is 59.8 Å². The van der Waals surface area contributed by atoms with Gasteiger partial charge in [-0.15, -0.1) is 0 Å². The summed E-state index contributed by atoms with van der Waals surface area (Å²) in [6, 6.07) is 16.6. The van der Waals surface area contributed by atoms with Gasteiger partial charge < -0.3 is 20.4 Å². The molecule has 0 aromatic heterocycles. The smallest absolute Gasteiger partial charge is 0.170 e. The van der Waals surface area contributed by atoms with E-state index in [0.717, 1.165) is 5.75 Å². The summed E-state index contributed by atoms with van der Waals surface area (Å²) in [6.07, 6.45) is 0. The van der Waals surface area contributed by atoms with Crippen molar-refractivity contribution in [1.29, 1.82) is 0 Å². The first-order valence-corrected chi connectivity index (χ1v) is 6.18. The molecule has 20 heavy (non-hydrogen) atoms. The molecule has 2 aromatic carbocycles. The minimum absolute atomic E-state index is 0.0518. The van der Waals surface area contributed by atoms with Crippen molar-refractivity contribution in [2.24, 2.45) is 10.9 Å². The van der Waals surface area contributed by atoms with Gasteiger partial charge in [0, 0.05) is 5.56 Å². The highest BCUT2D eigenvalue weighted by molar-refractivity contribution is 5.97. The molecule has 0 heterocycles. The van der Waals surface area contributed by atoms with Crippen molar-refractivity contribution < 1.29 is 14.7 Å². The molecule has 0 atom stereocenters. The van der Waals surface area contributed by atoms with Gasteiger partial charge in [-0.25, -0.2) is 0 Å². The highest BCUT2D eigenvalue weighted by Crippen LogP contribution is 2.13. The van der Waals surface area contributed by atoms with Crippen molar-refractivity contribution in [2.45, 2.75) is 0 Å². The van der Waals surface area contributed by atoms with E-state index in [1.807, 2.05) is 30.3 Å². The minimum atomic E-state index is 0.0518. The predicted octanol–water partition coefficient (Wildman–Crippen LogP) is 2.24. The quantitative estimate of drug-likeness (QED) is 0.278. The van der Waals surface area contributed by atoms with E-state index >= 15 is 0 Å². The maximum absolute atomic E-state index is 8.62. The lowest BCUT2D eigenvalue weighted by molar-refractivity contribution is 0.217. The fourth-order valence-corrected chi connectivity index (χ4v) is 1.64. The van der Waals surface area contributed by atoms with Gasteiger partial charge in [0.1, 0.15) is 24.7 Å². The second-order valence-corrected chi connectivity index (χ2v) is 4.02. The first-order valence-electron chi connectivity index (χ1n) is 6.18. The van der Waals surface area contributed by atoms with Crippen LogP contribution in [0.25, 0.3) is 0 Å². The van der Waals surface area contributed by atoms with E-state index in [0.29, 0.717) is 24.5 Å². The van der Waals surface area contributed by atoms with Crippen molar-refractivity contribution in [2.75, 3.05) is 13.2 Å². The van der Waals surface area contributed by atoms with Crippen molar-refractivity contribution in [3.63, 3.8) is 0 Å². The molecule has 0 amide bonds. The lowest BCUT2D eigenvalue weighted by Crippen LogP contribution is -2.13. The van der Waals surface area contributed by atoms with E-state index in [4.69, 9.17) is 20.4 Å². The predicted molar refractivity (Wildman–Crippen MR) is 76.4 cm³/mol. The molecule has 5 heteroatoms. The SMILES string of the molecule is NC(=NO)c1cccc(OCCOc2ccccc2)c1. The summed E-state index contributed by atoms with van der Waals surface area (Å²) in [4.78, 5) is 0. The Morgan fingerprint density at radius 1 is 0.950 bits per heavy atom. The number of nitrogens with two attached hydrogens (primary N) is 1. The molecule has 104 valence electrons. The molecule has 0 saturated carbocycles. The summed E-state index contributed by atoms with van der Waals surface area (Å²) in [5.41, 5.74) is 6.12. The summed E-state index contributed by atoms with van der Waals surface area (Å²) in [5, 5.41) is 11.6. The van der Waals surface area contributed by atoms with Crippen LogP contribution >= 0.6 is 0 Å². The van der Waals surface area contributed by atoms with Gasteiger partial charge in [-0.1, -0.05) is 35.5 Å². The molecule has 5 nitrogen and oxygen atoms in total. The Bertz CT molecular complexity index is 570. The zero-order valence-electron chi connectivity index (χ0n) is 10.9. The molecule has 2 aromatic rings. The van der Waals surface area contributed by atoms with Crippen molar-refractivity contribution in [3.05, 3.63) is 60.2 Å². The fraction of sp³-hybridized carbons (Fsp3) is 0.133. The van der Waals surface area contributed by atoms with Crippen LogP contribution in [0.4, 0.5) is 0 Å². The highest BCUT2D eigenvalue weighted by Gasteiger charge is 2.01. The second-order valence-electron chi connectivity index (χ2n) is 4.02. The number of ether oxygens (including phenoxy) is 2. The maximum atomic E-state index is 8.62. The zero-order valence-corrected chi connectivity index (χ0v) is 10.9. The number of benzene rings is 2. The summed E-state index contributed by atoms with van der Waals surface area (Å²) in [7, 11) is 0. The summed E-state index contributed by atoms with van der Waals surface area (Å²) in [5.74, 6) is 1.50. The number of para-hydroxylation sites is 1. The third-order valence-corrected chi connectivity index (χ3v) is 2.60. The van der Waals surface area contributed by atoms with E-state index in [-0.39, 0.29) is 5.84 Å². The van der Waals surface area contributed by atoms with Crippen LogP contribution in [0.2, 0.25) is 0 Å². The average molecular weight is 272 g/mol. The van der Waals surface area contributed by atoms with Crippen LogP contribution < -0.4 is 15.2 Å². The largest absolute Gasteiger partial charge is 0.490 e. The second kappa shape index (κ2) is 7.04. The van der Waals surface area contributed by atoms with Crippen molar-refractivity contribution in [3.8, 4) is 11.5 Å². The Morgan fingerprint density at radius 3 is 2.30 bits per heavy atom. The van der Waals surface area contributed by atoms with Crippen LogP contribution in [0.3, 0.4) is 0 Å². The van der Waals surface area contributed by atoms with E-state index in [9.17, 15) is 0 Å². The van der Waals surface area contributed by atoms with Crippen LogP contribution in [0.5, 0.6) is 11.5 Å². The van der Waals surface area contributed by atoms with Crippen LogP contribution in [0, 0.1) is 0 Å². The molecule has 0 saturated heterocycles. The fourth-order valence-electron chi connectivity index (χ4n) is 1.64. The molecule has 0 aliphatic rings. The molecule has 2 rings (SSSR count). The molecule has 0 bridgehead atoms. The Morgan fingerprint density at radius 2 is 1.60 bits per heavy atom. The van der Waals surface area contributed by atoms with Gasteiger partial charge in [0.05, 0.1) is 0 Å².